The maximum Gasteiger partial charge on any atom is 0.305 e. The molecule has 8 heteroatoms. The summed E-state index contributed by atoms with van der Waals surface area (Å²) in [5, 5.41) is 12.8. The van der Waals surface area contributed by atoms with Crippen molar-refractivity contribution in [2.45, 2.75) is 12.8 Å². The predicted molar refractivity (Wildman–Crippen MR) is 96.7 cm³/mol. The number of nitrogen functional groups attached to an aromatic ring is 1. The maximum absolute atomic E-state index is 10.7. The van der Waals surface area contributed by atoms with Gasteiger partial charge in [0.25, 0.3) is 0 Å². The van der Waals surface area contributed by atoms with Crippen LogP contribution >= 0.6 is 11.6 Å². The minimum absolute atomic E-state index is 0.0257. The molecule has 7 nitrogen and oxygen atoms in total. The molecule has 0 aliphatic heterocycles. The van der Waals surface area contributed by atoms with Gasteiger partial charge in [-0.15, -0.1) is 0 Å². The summed E-state index contributed by atoms with van der Waals surface area (Å²) < 4.78 is 0. The zero-order valence-electron chi connectivity index (χ0n) is 13.2. The SMILES string of the molecule is Nc1c(Cl)ccc2nc(NCCC(=O)O)nc(Cc3cccnc3)c12. The van der Waals surface area contributed by atoms with Gasteiger partial charge in [0.15, 0.2) is 0 Å². The van der Waals surface area contributed by atoms with Gasteiger partial charge in [-0.05, 0) is 23.8 Å². The average molecular weight is 358 g/mol. The lowest BCUT2D eigenvalue weighted by Crippen LogP contribution is -2.11. The van der Waals surface area contributed by atoms with E-state index in [1.54, 1.807) is 24.5 Å². The Bertz CT molecular complexity index is 918. The topological polar surface area (TPSA) is 114 Å². The lowest BCUT2D eigenvalue weighted by Gasteiger charge is -2.12. The molecular formula is C17H16ClN5O2. The zero-order chi connectivity index (χ0) is 17.8. The molecule has 2 heterocycles. The van der Waals surface area contributed by atoms with Crippen LogP contribution in [-0.2, 0) is 11.2 Å². The van der Waals surface area contributed by atoms with Gasteiger partial charge in [0.05, 0.1) is 28.3 Å². The molecule has 0 radical (unpaired) electrons. The van der Waals surface area contributed by atoms with Crippen LogP contribution in [0.1, 0.15) is 17.7 Å². The summed E-state index contributed by atoms with van der Waals surface area (Å²) in [6.45, 7) is 0.232. The van der Waals surface area contributed by atoms with E-state index >= 15 is 0 Å². The number of nitrogens with one attached hydrogen (secondary N) is 1. The normalized spacial score (nSPS) is 10.8. The van der Waals surface area contributed by atoms with Crippen LogP contribution < -0.4 is 11.1 Å². The molecule has 0 saturated carbocycles. The fourth-order valence-corrected chi connectivity index (χ4v) is 2.64. The van der Waals surface area contributed by atoms with Crippen LogP contribution in [0.15, 0.2) is 36.7 Å². The van der Waals surface area contributed by atoms with Crippen LogP contribution in [0.4, 0.5) is 11.6 Å². The number of rotatable bonds is 6. The number of fused-ring (bicyclic) bond motifs is 1. The third-order valence-electron chi connectivity index (χ3n) is 3.64. The van der Waals surface area contributed by atoms with Gasteiger partial charge < -0.3 is 16.2 Å². The molecular weight excluding hydrogens is 342 g/mol. The van der Waals surface area contributed by atoms with Crippen LogP contribution in [0.5, 0.6) is 0 Å². The van der Waals surface area contributed by atoms with E-state index in [-0.39, 0.29) is 13.0 Å². The molecule has 25 heavy (non-hydrogen) atoms. The van der Waals surface area contributed by atoms with Gasteiger partial charge in [-0.1, -0.05) is 17.7 Å². The second-order valence-electron chi connectivity index (χ2n) is 5.46. The van der Waals surface area contributed by atoms with Crippen molar-refractivity contribution >= 4 is 40.1 Å². The summed E-state index contributed by atoms with van der Waals surface area (Å²) >= 11 is 6.15. The highest BCUT2D eigenvalue weighted by atomic mass is 35.5. The Morgan fingerprint density at radius 3 is 2.84 bits per heavy atom. The molecule has 0 aliphatic carbocycles. The molecule has 0 bridgehead atoms. The molecule has 4 N–H and O–H groups in total. The van der Waals surface area contributed by atoms with Gasteiger partial charge in [-0.2, -0.15) is 0 Å². The number of halogens is 1. The van der Waals surface area contributed by atoms with Crippen LogP contribution in [0.2, 0.25) is 5.02 Å². The Hall–Kier alpha value is -2.93. The zero-order valence-corrected chi connectivity index (χ0v) is 14.0. The van der Waals surface area contributed by atoms with E-state index in [4.69, 9.17) is 22.4 Å². The summed E-state index contributed by atoms with van der Waals surface area (Å²) in [4.78, 5) is 23.7. The second-order valence-corrected chi connectivity index (χ2v) is 5.86. The smallest absolute Gasteiger partial charge is 0.305 e. The number of hydrogen-bond donors (Lipinski definition) is 3. The summed E-state index contributed by atoms with van der Waals surface area (Å²) in [6.07, 6.45) is 3.94. The van der Waals surface area contributed by atoms with Gasteiger partial charge in [-0.3, -0.25) is 9.78 Å². The van der Waals surface area contributed by atoms with E-state index in [1.165, 1.54) is 0 Å². The van der Waals surface area contributed by atoms with Crippen molar-refractivity contribution < 1.29 is 9.90 Å². The summed E-state index contributed by atoms with van der Waals surface area (Å²) in [5.41, 5.74) is 8.89. The van der Waals surface area contributed by atoms with E-state index in [9.17, 15) is 4.79 Å². The highest BCUT2D eigenvalue weighted by Crippen LogP contribution is 2.31. The van der Waals surface area contributed by atoms with Gasteiger partial charge in [0.1, 0.15) is 0 Å². The van der Waals surface area contributed by atoms with Gasteiger partial charge in [0, 0.05) is 30.7 Å². The monoisotopic (exact) mass is 357 g/mol. The molecule has 0 unspecified atom stereocenters. The molecule has 0 fully saturated rings. The van der Waals surface area contributed by atoms with Crippen molar-refractivity contribution in [2.24, 2.45) is 0 Å². The number of carbonyl (C=O) groups is 1. The minimum Gasteiger partial charge on any atom is -0.481 e. The van der Waals surface area contributed by atoms with Crippen molar-refractivity contribution in [1.29, 1.82) is 0 Å². The Labute approximate surface area is 148 Å². The van der Waals surface area contributed by atoms with E-state index in [0.717, 1.165) is 5.56 Å². The number of carboxylic acids is 1. The second kappa shape index (κ2) is 7.31. The number of pyridine rings is 1. The third-order valence-corrected chi connectivity index (χ3v) is 3.97. The number of hydrogen-bond acceptors (Lipinski definition) is 6. The Balaban J connectivity index is 2.03. The molecule has 128 valence electrons. The number of aliphatic carboxylic acids is 1. The number of anilines is 2. The molecule has 2 aromatic heterocycles. The quantitative estimate of drug-likeness (QED) is 0.581. The number of carboxylic acid groups (broad SMARTS) is 1. The Kier molecular flexibility index (Phi) is 4.95. The van der Waals surface area contributed by atoms with E-state index in [0.29, 0.717) is 39.7 Å². The van der Waals surface area contributed by atoms with Crippen LogP contribution in [0.25, 0.3) is 10.9 Å². The summed E-state index contributed by atoms with van der Waals surface area (Å²) in [5.74, 6) is -0.533. The molecule has 0 spiro atoms. The van der Waals surface area contributed by atoms with Crippen LogP contribution in [-0.4, -0.2) is 32.6 Å². The highest BCUT2D eigenvalue weighted by Gasteiger charge is 2.13. The molecule has 0 atom stereocenters. The third kappa shape index (κ3) is 3.95. The van der Waals surface area contributed by atoms with E-state index in [1.807, 2.05) is 12.1 Å². The summed E-state index contributed by atoms with van der Waals surface area (Å²) in [7, 11) is 0. The largest absolute Gasteiger partial charge is 0.481 e. The first-order chi connectivity index (χ1) is 12.0. The molecule has 3 aromatic rings. The van der Waals surface area contributed by atoms with Gasteiger partial charge in [-0.25, -0.2) is 9.97 Å². The maximum atomic E-state index is 10.7. The molecule has 0 aliphatic rings. The fraction of sp³-hybridized carbons (Fsp3) is 0.176. The van der Waals surface area contributed by atoms with Gasteiger partial charge >= 0.3 is 5.97 Å². The summed E-state index contributed by atoms with van der Waals surface area (Å²) in [6, 6.07) is 7.24. The lowest BCUT2D eigenvalue weighted by atomic mass is 10.1. The number of nitrogens with two attached hydrogens (primary N) is 1. The van der Waals surface area contributed by atoms with Crippen molar-refractivity contribution in [3.8, 4) is 0 Å². The van der Waals surface area contributed by atoms with Crippen molar-refractivity contribution in [1.82, 2.24) is 15.0 Å². The molecule has 0 amide bonds. The Morgan fingerprint density at radius 2 is 2.12 bits per heavy atom. The first kappa shape index (κ1) is 16.9. The molecule has 3 rings (SSSR count). The fourth-order valence-electron chi connectivity index (χ4n) is 2.49. The number of nitrogens with zero attached hydrogens (tertiary/aromatic N) is 3. The van der Waals surface area contributed by atoms with E-state index in [2.05, 4.69) is 20.3 Å². The lowest BCUT2D eigenvalue weighted by molar-refractivity contribution is -0.136. The van der Waals surface area contributed by atoms with Crippen molar-refractivity contribution in [2.75, 3.05) is 17.6 Å². The van der Waals surface area contributed by atoms with Gasteiger partial charge in [0.2, 0.25) is 5.95 Å². The highest BCUT2D eigenvalue weighted by molar-refractivity contribution is 6.34. The standard InChI is InChI=1S/C17H16ClN5O2/c18-11-3-4-12-15(16(11)19)13(8-10-2-1-6-20-9-10)23-17(22-12)21-7-5-14(24)25/h1-4,6,9H,5,7-8,19H2,(H,24,25)(H,21,22,23). The first-order valence-corrected chi connectivity index (χ1v) is 8.01. The van der Waals surface area contributed by atoms with Crippen molar-refractivity contribution in [3.63, 3.8) is 0 Å². The minimum atomic E-state index is -0.889. The number of aromatic nitrogens is 3. The van der Waals surface area contributed by atoms with E-state index < -0.39 is 5.97 Å². The molecule has 1 aromatic carbocycles. The predicted octanol–water partition coefficient (Wildman–Crippen LogP) is 2.74. The average Bonchev–Trinajstić information content (AvgIpc) is 2.59. The van der Waals surface area contributed by atoms with Crippen LogP contribution in [0.3, 0.4) is 0 Å². The van der Waals surface area contributed by atoms with Crippen molar-refractivity contribution in [3.05, 3.63) is 52.9 Å². The molecule has 0 saturated heterocycles. The first-order valence-electron chi connectivity index (χ1n) is 7.64. The Morgan fingerprint density at radius 1 is 1.28 bits per heavy atom. The number of benzene rings is 1. The van der Waals surface area contributed by atoms with Crippen LogP contribution in [0, 0.1) is 0 Å².